The summed E-state index contributed by atoms with van der Waals surface area (Å²) < 4.78 is 0. The molecule has 0 aliphatic heterocycles. The normalized spacial score (nSPS) is 12.8. The summed E-state index contributed by atoms with van der Waals surface area (Å²) in [5.74, 6) is 2.47. The van der Waals surface area contributed by atoms with Crippen LogP contribution >= 0.6 is 0 Å². The van der Waals surface area contributed by atoms with Crippen LogP contribution in [0.3, 0.4) is 0 Å². The number of likely N-dealkylation sites (N-methyl/N-ethyl adjacent to an activating group) is 1. The van der Waals surface area contributed by atoms with E-state index in [-0.39, 0.29) is 6.10 Å². The van der Waals surface area contributed by atoms with Crippen LogP contribution in [0.1, 0.15) is 13.8 Å². The maximum atomic E-state index is 9.54. The van der Waals surface area contributed by atoms with Gasteiger partial charge in [0.15, 0.2) is 0 Å². The standard InChI is InChI=1S/C10H20N2O/c1-4-7-11-8-10(13)9-12(5-2)6-3/h1,10-11,13H,5-9H2,2-3H3. The Hall–Kier alpha value is -0.560. The number of hydrogen-bond donors (Lipinski definition) is 2. The van der Waals surface area contributed by atoms with E-state index in [2.05, 4.69) is 30.0 Å². The zero-order valence-electron chi connectivity index (χ0n) is 8.58. The average Bonchev–Trinajstić information content (AvgIpc) is 2.14. The molecular weight excluding hydrogens is 164 g/mol. The summed E-state index contributed by atoms with van der Waals surface area (Å²) in [4.78, 5) is 2.18. The van der Waals surface area contributed by atoms with Gasteiger partial charge in [0.2, 0.25) is 0 Å². The highest BCUT2D eigenvalue weighted by Crippen LogP contribution is 1.90. The fourth-order valence-electron chi connectivity index (χ4n) is 1.16. The van der Waals surface area contributed by atoms with E-state index in [1.165, 1.54) is 0 Å². The van der Waals surface area contributed by atoms with Gasteiger partial charge in [0.05, 0.1) is 12.6 Å². The summed E-state index contributed by atoms with van der Waals surface area (Å²) in [5.41, 5.74) is 0. The van der Waals surface area contributed by atoms with Gasteiger partial charge in [-0.15, -0.1) is 6.42 Å². The van der Waals surface area contributed by atoms with Crippen molar-refractivity contribution in [3.05, 3.63) is 0 Å². The van der Waals surface area contributed by atoms with E-state index in [0.29, 0.717) is 19.6 Å². The first kappa shape index (κ1) is 12.4. The van der Waals surface area contributed by atoms with E-state index in [1.54, 1.807) is 0 Å². The number of hydrogen-bond acceptors (Lipinski definition) is 3. The molecular formula is C10H20N2O. The van der Waals surface area contributed by atoms with Crippen LogP contribution in [0, 0.1) is 12.3 Å². The smallest absolute Gasteiger partial charge is 0.0791 e. The molecule has 3 heteroatoms. The van der Waals surface area contributed by atoms with E-state index in [4.69, 9.17) is 6.42 Å². The number of rotatable bonds is 7. The second-order valence-electron chi connectivity index (χ2n) is 2.97. The van der Waals surface area contributed by atoms with Gasteiger partial charge in [-0.1, -0.05) is 19.8 Å². The van der Waals surface area contributed by atoms with Gasteiger partial charge in [-0.05, 0) is 13.1 Å². The Bertz CT molecular complexity index is 149. The molecule has 13 heavy (non-hydrogen) atoms. The SMILES string of the molecule is C#CCNCC(O)CN(CC)CC. The molecule has 0 rings (SSSR count). The van der Waals surface area contributed by atoms with Gasteiger partial charge in [-0.2, -0.15) is 0 Å². The Labute approximate surface area is 81.1 Å². The van der Waals surface area contributed by atoms with Gasteiger partial charge in [0.25, 0.3) is 0 Å². The third-order valence-electron chi connectivity index (χ3n) is 1.97. The van der Waals surface area contributed by atoms with E-state index in [9.17, 15) is 5.11 Å². The summed E-state index contributed by atoms with van der Waals surface area (Å²) in [6.45, 7) is 7.93. The van der Waals surface area contributed by atoms with Crippen molar-refractivity contribution in [1.29, 1.82) is 0 Å². The summed E-state index contributed by atoms with van der Waals surface area (Å²) in [5, 5.41) is 12.5. The van der Waals surface area contributed by atoms with Gasteiger partial charge in [0, 0.05) is 13.1 Å². The Morgan fingerprint density at radius 2 is 2.08 bits per heavy atom. The highest BCUT2D eigenvalue weighted by atomic mass is 16.3. The van der Waals surface area contributed by atoms with Gasteiger partial charge >= 0.3 is 0 Å². The lowest BCUT2D eigenvalue weighted by atomic mass is 10.3. The lowest BCUT2D eigenvalue weighted by Gasteiger charge is -2.21. The summed E-state index contributed by atoms with van der Waals surface area (Å²) in [6, 6.07) is 0. The molecule has 0 aliphatic carbocycles. The second kappa shape index (κ2) is 8.06. The first-order chi connectivity index (χ1) is 6.24. The van der Waals surface area contributed by atoms with Crippen molar-refractivity contribution in [3.8, 4) is 12.3 Å². The van der Waals surface area contributed by atoms with E-state index in [1.807, 2.05) is 0 Å². The zero-order chi connectivity index (χ0) is 10.1. The quantitative estimate of drug-likeness (QED) is 0.429. The van der Waals surface area contributed by atoms with Crippen LogP contribution < -0.4 is 5.32 Å². The minimum absolute atomic E-state index is 0.326. The molecule has 0 saturated carbocycles. The number of terminal acetylenes is 1. The van der Waals surface area contributed by atoms with Crippen LogP contribution in [0.2, 0.25) is 0 Å². The van der Waals surface area contributed by atoms with Crippen molar-refractivity contribution in [2.45, 2.75) is 20.0 Å². The molecule has 0 heterocycles. The fraction of sp³-hybridized carbons (Fsp3) is 0.800. The first-order valence-corrected chi connectivity index (χ1v) is 4.79. The van der Waals surface area contributed by atoms with Crippen LogP contribution in [-0.4, -0.2) is 48.8 Å². The van der Waals surface area contributed by atoms with E-state index < -0.39 is 0 Å². The number of aliphatic hydroxyl groups excluding tert-OH is 1. The van der Waals surface area contributed by atoms with Gasteiger partial charge in [-0.25, -0.2) is 0 Å². The highest BCUT2D eigenvalue weighted by Gasteiger charge is 2.07. The minimum Gasteiger partial charge on any atom is -0.390 e. The molecule has 0 aromatic heterocycles. The Morgan fingerprint density at radius 1 is 1.46 bits per heavy atom. The molecule has 0 aromatic rings. The van der Waals surface area contributed by atoms with Crippen LogP contribution in [0.5, 0.6) is 0 Å². The highest BCUT2D eigenvalue weighted by molar-refractivity contribution is 4.86. The molecule has 1 unspecified atom stereocenters. The molecule has 0 spiro atoms. The van der Waals surface area contributed by atoms with Gasteiger partial charge in [0.1, 0.15) is 0 Å². The van der Waals surface area contributed by atoms with Crippen molar-refractivity contribution in [2.24, 2.45) is 0 Å². The first-order valence-electron chi connectivity index (χ1n) is 4.79. The van der Waals surface area contributed by atoms with Crippen LogP contribution in [0.15, 0.2) is 0 Å². The molecule has 0 radical (unpaired) electrons. The predicted molar refractivity (Wildman–Crippen MR) is 55.5 cm³/mol. The number of aliphatic hydroxyl groups is 1. The van der Waals surface area contributed by atoms with Gasteiger partial charge < -0.3 is 15.3 Å². The van der Waals surface area contributed by atoms with Crippen molar-refractivity contribution in [2.75, 3.05) is 32.7 Å². The molecule has 1 atom stereocenters. The van der Waals surface area contributed by atoms with E-state index in [0.717, 1.165) is 13.1 Å². The van der Waals surface area contributed by atoms with Crippen molar-refractivity contribution < 1.29 is 5.11 Å². The molecule has 0 aromatic carbocycles. The molecule has 2 N–H and O–H groups in total. The van der Waals surface area contributed by atoms with Crippen molar-refractivity contribution >= 4 is 0 Å². The molecule has 0 fully saturated rings. The lowest BCUT2D eigenvalue weighted by Crippen LogP contribution is -2.38. The maximum Gasteiger partial charge on any atom is 0.0791 e. The van der Waals surface area contributed by atoms with Crippen LogP contribution in [0.4, 0.5) is 0 Å². The predicted octanol–water partition coefficient (Wildman–Crippen LogP) is -0.0881. The molecule has 0 aliphatic rings. The topological polar surface area (TPSA) is 35.5 Å². The summed E-state index contributed by atoms with van der Waals surface area (Å²) in [7, 11) is 0. The number of nitrogens with zero attached hydrogens (tertiary/aromatic N) is 1. The Morgan fingerprint density at radius 3 is 2.54 bits per heavy atom. The molecule has 3 nitrogen and oxygen atoms in total. The van der Waals surface area contributed by atoms with Crippen LogP contribution in [-0.2, 0) is 0 Å². The lowest BCUT2D eigenvalue weighted by molar-refractivity contribution is 0.118. The summed E-state index contributed by atoms with van der Waals surface area (Å²) >= 11 is 0. The van der Waals surface area contributed by atoms with Gasteiger partial charge in [-0.3, -0.25) is 0 Å². The largest absolute Gasteiger partial charge is 0.390 e. The minimum atomic E-state index is -0.326. The van der Waals surface area contributed by atoms with Crippen molar-refractivity contribution in [1.82, 2.24) is 10.2 Å². The molecule has 0 bridgehead atoms. The zero-order valence-corrected chi connectivity index (χ0v) is 8.58. The summed E-state index contributed by atoms with van der Waals surface area (Å²) in [6.07, 6.45) is 4.74. The molecule has 0 amide bonds. The van der Waals surface area contributed by atoms with E-state index >= 15 is 0 Å². The third-order valence-corrected chi connectivity index (χ3v) is 1.97. The monoisotopic (exact) mass is 184 g/mol. The van der Waals surface area contributed by atoms with Crippen molar-refractivity contribution in [3.63, 3.8) is 0 Å². The maximum absolute atomic E-state index is 9.54. The Balaban J connectivity index is 3.48. The van der Waals surface area contributed by atoms with Crippen LogP contribution in [0.25, 0.3) is 0 Å². The average molecular weight is 184 g/mol. The molecule has 76 valence electrons. The third kappa shape index (κ3) is 6.59. The molecule has 0 saturated heterocycles. The fourth-order valence-corrected chi connectivity index (χ4v) is 1.16. The Kier molecular flexibility index (Phi) is 7.71. The number of nitrogens with one attached hydrogen (secondary N) is 1. The second-order valence-corrected chi connectivity index (χ2v) is 2.97.